The number of pyridine rings is 1. The Bertz CT molecular complexity index is 329. The quantitative estimate of drug-likeness (QED) is 0.812. The third-order valence-electron chi connectivity index (χ3n) is 1.98. The van der Waals surface area contributed by atoms with Crippen molar-refractivity contribution in [1.82, 2.24) is 4.98 Å². The number of nitrogens with two attached hydrogens (primary N) is 1. The highest BCUT2D eigenvalue weighted by Crippen LogP contribution is 2.26. The van der Waals surface area contributed by atoms with Crippen LogP contribution in [0.3, 0.4) is 0 Å². The van der Waals surface area contributed by atoms with E-state index in [4.69, 9.17) is 10.5 Å². The minimum absolute atomic E-state index is 0.0580. The molecule has 2 N–H and O–H groups in total. The molecule has 0 atom stereocenters. The van der Waals surface area contributed by atoms with Crippen LogP contribution in [0.25, 0.3) is 0 Å². The maximum atomic E-state index is 12.5. The van der Waals surface area contributed by atoms with E-state index in [9.17, 15) is 8.78 Å². The Morgan fingerprint density at radius 2 is 2.21 bits per heavy atom. The van der Waals surface area contributed by atoms with Gasteiger partial charge in [0.2, 0.25) is 5.88 Å². The first-order chi connectivity index (χ1) is 6.60. The van der Waals surface area contributed by atoms with Gasteiger partial charge >= 0.3 is 0 Å². The Hall–Kier alpha value is -1.23. The number of hydrogen-bond donors (Lipinski definition) is 1. The van der Waals surface area contributed by atoms with Crippen LogP contribution in [0.5, 0.6) is 5.88 Å². The van der Waals surface area contributed by atoms with Gasteiger partial charge in [-0.15, -0.1) is 0 Å². The smallest absolute Gasteiger partial charge is 0.280 e. The lowest BCUT2D eigenvalue weighted by molar-refractivity contribution is 0.143. The van der Waals surface area contributed by atoms with Crippen LogP contribution in [-0.2, 0) is 6.54 Å². The number of rotatable bonds is 3. The van der Waals surface area contributed by atoms with Gasteiger partial charge in [0.25, 0.3) is 6.43 Å². The van der Waals surface area contributed by atoms with Crippen molar-refractivity contribution >= 4 is 0 Å². The van der Waals surface area contributed by atoms with Crippen molar-refractivity contribution < 1.29 is 13.5 Å². The summed E-state index contributed by atoms with van der Waals surface area (Å²) in [6.45, 7) is 1.76. The minimum atomic E-state index is -2.62. The van der Waals surface area contributed by atoms with Crippen molar-refractivity contribution in [2.45, 2.75) is 19.9 Å². The maximum Gasteiger partial charge on any atom is 0.280 e. The fraction of sp³-hybridized carbons (Fsp3) is 0.444. The fourth-order valence-corrected chi connectivity index (χ4v) is 1.24. The van der Waals surface area contributed by atoms with Gasteiger partial charge in [-0.1, -0.05) is 0 Å². The number of methoxy groups -OCH3 is 1. The summed E-state index contributed by atoms with van der Waals surface area (Å²) in [6, 6.07) is 1.59. The van der Waals surface area contributed by atoms with E-state index in [0.717, 1.165) is 0 Å². The molecule has 1 aromatic rings. The average molecular weight is 202 g/mol. The molecule has 0 saturated carbocycles. The Kier molecular flexibility index (Phi) is 3.35. The van der Waals surface area contributed by atoms with Gasteiger partial charge < -0.3 is 10.5 Å². The lowest BCUT2D eigenvalue weighted by Crippen LogP contribution is -2.08. The summed E-state index contributed by atoms with van der Waals surface area (Å²) in [5.41, 5.74) is 6.14. The van der Waals surface area contributed by atoms with E-state index in [-0.39, 0.29) is 18.1 Å². The van der Waals surface area contributed by atoms with Gasteiger partial charge in [0.15, 0.2) is 0 Å². The summed E-state index contributed by atoms with van der Waals surface area (Å²) in [5.74, 6) is 0.190. The molecular weight excluding hydrogens is 190 g/mol. The number of aryl methyl sites for hydroxylation is 1. The number of alkyl halides is 2. The lowest BCUT2D eigenvalue weighted by atomic mass is 10.1. The van der Waals surface area contributed by atoms with Crippen LogP contribution in [0.4, 0.5) is 8.78 Å². The molecule has 1 aromatic heterocycles. The molecule has 0 aromatic carbocycles. The lowest BCUT2D eigenvalue weighted by Gasteiger charge is -2.11. The summed E-state index contributed by atoms with van der Waals surface area (Å²) >= 11 is 0. The van der Waals surface area contributed by atoms with Crippen LogP contribution in [0, 0.1) is 6.92 Å². The van der Waals surface area contributed by atoms with Gasteiger partial charge in [0.1, 0.15) is 5.69 Å². The second-order valence-electron chi connectivity index (χ2n) is 2.85. The first-order valence-corrected chi connectivity index (χ1v) is 4.12. The van der Waals surface area contributed by atoms with Crippen LogP contribution >= 0.6 is 0 Å². The van der Waals surface area contributed by atoms with Gasteiger partial charge in [-0.2, -0.15) is 0 Å². The largest absolute Gasteiger partial charge is 0.481 e. The molecule has 0 aliphatic rings. The van der Waals surface area contributed by atoms with E-state index in [1.54, 1.807) is 13.0 Å². The molecule has 0 radical (unpaired) electrons. The highest BCUT2D eigenvalue weighted by molar-refractivity contribution is 5.34. The van der Waals surface area contributed by atoms with Crippen molar-refractivity contribution in [3.05, 3.63) is 22.9 Å². The zero-order chi connectivity index (χ0) is 10.7. The predicted octanol–water partition coefficient (Wildman–Crippen LogP) is 1.79. The molecular formula is C9H12F2N2O. The SMILES string of the molecule is COc1cc(C)c(CN)c(C(F)F)n1. The van der Waals surface area contributed by atoms with Crippen molar-refractivity contribution in [1.29, 1.82) is 0 Å². The van der Waals surface area contributed by atoms with Crippen molar-refractivity contribution in [2.24, 2.45) is 5.73 Å². The Labute approximate surface area is 80.9 Å². The van der Waals surface area contributed by atoms with E-state index < -0.39 is 6.43 Å². The molecule has 0 aliphatic heterocycles. The van der Waals surface area contributed by atoms with Crippen molar-refractivity contribution in [2.75, 3.05) is 7.11 Å². The van der Waals surface area contributed by atoms with Crippen LogP contribution in [-0.4, -0.2) is 12.1 Å². The molecule has 5 heteroatoms. The van der Waals surface area contributed by atoms with Crippen molar-refractivity contribution in [3.63, 3.8) is 0 Å². The molecule has 0 amide bonds. The van der Waals surface area contributed by atoms with Gasteiger partial charge in [-0.25, -0.2) is 13.8 Å². The first-order valence-electron chi connectivity index (χ1n) is 4.12. The molecule has 1 rings (SSSR count). The van der Waals surface area contributed by atoms with Gasteiger partial charge in [0, 0.05) is 12.6 Å². The predicted molar refractivity (Wildman–Crippen MR) is 48.4 cm³/mol. The number of halogens is 2. The highest BCUT2D eigenvalue weighted by Gasteiger charge is 2.17. The van der Waals surface area contributed by atoms with E-state index in [1.165, 1.54) is 7.11 Å². The second-order valence-corrected chi connectivity index (χ2v) is 2.85. The van der Waals surface area contributed by atoms with Gasteiger partial charge in [0.05, 0.1) is 7.11 Å². The molecule has 0 saturated heterocycles. The molecule has 1 heterocycles. The number of aromatic nitrogens is 1. The number of ether oxygens (including phenoxy) is 1. The van der Waals surface area contributed by atoms with Crippen LogP contribution in [0.2, 0.25) is 0 Å². The number of hydrogen-bond acceptors (Lipinski definition) is 3. The van der Waals surface area contributed by atoms with E-state index in [1.807, 2.05) is 0 Å². The molecule has 0 spiro atoms. The monoisotopic (exact) mass is 202 g/mol. The highest BCUT2D eigenvalue weighted by atomic mass is 19.3. The molecule has 0 unspecified atom stereocenters. The summed E-state index contributed by atoms with van der Waals surface area (Å²) in [4.78, 5) is 3.67. The van der Waals surface area contributed by atoms with Crippen LogP contribution < -0.4 is 10.5 Å². The minimum Gasteiger partial charge on any atom is -0.481 e. The third-order valence-corrected chi connectivity index (χ3v) is 1.98. The zero-order valence-electron chi connectivity index (χ0n) is 8.05. The average Bonchev–Trinajstić information content (AvgIpc) is 2.16. The molecule has 0 fully saturated rings. The normalized spacial score (nSPS) is 10.7. The summed E-state index contributed by atoms with van der Waals surface area (Å²) in [7, 11) is 1.39. The molecule has 14 heavy (non-hydrogen) atoms. The Balaban J connectivity index is 3.28. The van der Waals surface area contributed by atoms with Crippen LogP contribution in [0.1, 0.15) is 23.2 Å². The summed E-state index contributed by atoms with van der Waals surface area (Å²) in [5, 5.41) is 0. The van der Waals surface area contributed by atoms with Crippen LogP contribution in [0.15, 0.2) is 6.07 Å². The van der Waals surface area contributed by atoms with E-state index >= 15 is 0 Å². The van der Waals surface area contributed by atoms with Gasteiger partial charge in [-0.3, -0.25) is 0 Å². The second kappa shape index (κ2) is 4.32. The van der Waals surface area contributed by atoms with Gasteiger partial charge in [-0.05, 0) is 18.1 Å². The third kappa shape index (κ3) is 1.98. The molecule has 0 bridgehead atoms. The Morgan fingerprint density at radius 1 is 1.57 bits per heavy atom. The number of nitrogens with zero attached hydrogens (tertiary/aromatic N) is 1. The molecule has 78 valence electrons. The fourth-order valence-electron chi connectivity index (χ4n) is 1.24. The Morgan fingerprint density at radius 3 is 2.64 bits per heavy atom. The topological polar surface area (TPSA) is 48.1 Å². The first kappa shape index (κ1) is 10.8. The zero-order valence-corrected chi connectivity index (χ0v) is 8.05. The molecule has 3 nitrogen and oxygen atoms in total. The van der Waals surface area contributed by atoms with Crippen molar-refractivity contribution in [3.8, 4) is 5.88 Å². The van der Waals surface area contributed by atoms with E-state index in [0.29, 0.717) is 11.1 Å². The summed E-state index contributed by atoms with van der Waals surface area (Å²) < 4.78 is 29.9. The molecule has 0 aliphatic carbocycles. The standard InChI is InChI=1S/C9H12F2N2O/c1-5-3-7(14-2)13-8(9(10)11)6(5)4-12/h3,9H,4,12H2,1-2H3. The maximum absolute atomic E-state index is 12.5. The summed E-state index contributed by atoms with van der Waals surface area (Å²) in [6.07, 6.45) is -2.62. The van der Waals surface area contributed by atoms with E-state index in [2.05, 4.69) is 4.98 Å².